The SMILES string of the molecule is CCOc1ccc2c(C(=O)Nc3cc(C)ccn3)cc(=O)oc2c1. The Morgan fingerprint density at radius 3 is 2.83 bits per heavy atom. The van der Waals surface area contributed by atoms with Crippen LogP contribution in [0.15, 0.2) is 51.8 Å². The topological polar surface area (TPSA) is 81.4 Å². The van der Waals surface area contributed by atoms with Crippen molar-refractivity contribution in [2.45, 2.75) is 13.8 Å². The van der Waals surface area contributed by atoms with E-state index >= 15 is 0 Å². The molecular formula is C18H16N2O4. The zero-order chi connectivity index (χ0) is 17.1. The minimum atomic E-state index is -0.599. The molecule has 2 aromatic heterocycles. The van der Waals surface area contributed by atoms with Crippen LogP contribution in [-0.2, 0) is 0 Å². The van der Waals surface area contributed by atoms with Crippen LogP contribution in [0.1, 0.15) is 22.8 Å². The van der Waals surface area contributed by atoms with Crippen molar-refractivity contribution in [1.29, 1.82) is 0 Å². The van der Waals surface area contributed by atoms with Crippen molar-refractivity contribution in [3.05, 3.63) is 64.1 Å². The van der Waals surface area contributed by atoms with E-state index in [0.29, 0.717) is 29.1 Å². The van der Waals surface area contributed by atoms with Gasteiger partial charge in [-0.05, 0) is 43.7 Å². The maximum Gasteiger partial charge on any atom is 0.337 e. The predicted molar refractivity (Wildman–Crippen MR) is 90.6 cm³/mol. The summed E-state index contributed by atoms with van der Waals surface area (Å²) in [6, 6.07) is 9.78. The molecule has 6 nitrogen and oxygen atoms in total. The highest BCUT2D eigenvalue weighted by atomic mass is 16.5. The standard InChI is InChI=1S/C18H16N2O4/c1-3-23-12-4-5-13-14(10-17(21)24-15(13)9-12)18(22)20-16-8-11(2)6-7-19-16/h4-10H,3H2,1-2H3,(H,19,20,22). The third-order valence-electron chi connectivity index (χ3n) is 3.43. The van der Waals surface area contributed by atoms with Crippen LogP contribution in [-0.4, -0.2) is 17.5 Å². The molecule has 1 N–H and O–H groups in total. The lowest BCUT2D eigenvalue weighted by molar-refractivity contribution is 0.102. The first-order valence-corrected chi connectivity index (χ1v) is 7.51. The van der Waals surface area contributed by atoms with Crippen LogP contribution < -0.4 is 15.7 Å². The fourth-order valence-corrected chi connectivity index (χ4v) is 2.38. The summed E-state index contributed by atoms with van der Waals surface area (Å²) < 4.78 is 10.6. The van der Waals surface area contributed by atoms with Gasteiger partial charge in [0.1, 0.15) is 17.2 Å². The maximum absolute atomic E-state index is 12.5. The van der Waals surface area contributed by atoms with E-state index in [1.165, 1.54) is 6.07 Å². The van der Waals surface area contributed by atoms with Gasteiger partial charge in [0.05, 0.1) is 12.2 Å². The van der Waals surface area contributed by atoms with Gasteiger partial charge in [-0.3, -0.25) is 4.79 Å². The molecule has 0 fully saturated rings. The van der Waals surface area contributed by atoms with Gasteiger partial charge in [-0.15, -0.1) is 0 Å². The van der Waals surface area contributed by atoms with Crippen LogP contribution in [0.2, 0.25) is 0 Å². The van der Waals surface area contributed by atoms with Gasteiger partial charge in [0, 0.05) is 23.7 Å². The zero-order valence-corrected chi connectivity index (χ0v) is 13.3. The molecule has 6 heteroatoms. The van der Waals surface area contributed by atoms with Crippen molar-refractivity contribution < 1.29 is 13.9 Å². The van der Waals surface area contributed by atoms with Crippen molar-refractivity contribution in [3.63, 3.8) is 0 Å². The zero-order valence-electron chi connectivity index (χ0n) is 13.3. The van der Waals surface area contributed by atoms with E-state index in [2.05, 4.69) is 10.3 Å². The van der Waals surface area contributed by atoms with E-state index < -0.39 is 11.5 Å². The third kappa shape index (κ3) is 3.27. The number of carbonyl (C=O) groups is 1. The number of nitrogens with one attached hydrogen (secondary N) is 1. The molecule has 1 amide bonds. The first-order valence-electron chi connectivity index (χ1n) is 7.51. The highest BCUT2D eigenvalue weighted by Gasteiger charge is 2.14. The van der Waals surface area contributed by atoms with Gasteiger partial charge in [-0.25, -0.2) is 9.78 Å². The van der Waals surface area contributed by atoms with E-state index in [9.17, 15) is 9.59 Å². The van der Waals surface area contributed by atoms with E-state index in [1.54, 1.807) is 30.5 Å². The van der Waals surface area contributed by atoms with Gasteiger partial charge >= 0.3 is 5.63 Å². The molecule has 0 aliphatic heterocycles. The Bertz CT molecular complexity index is 963. The number of pyridine rings is 1. The summed E-state index contributed by atoms with van der Waals surface area (Å²) in [6.45, 7) is 4.26. The van der Waals surface area contributed by atoms with Gasteiger partial charge < -0.3 is 14.5 Å². The normalized spacial score (nSPS) is 10.6. The first-order chi connectivity index (χ1) is 11.6. The number of hydrogen-bond donors (Lipinski definition) is 1. The minimum Gasteiger partial charge on any atom is -0.494 e. The number of hydrogen-bond acceptors (Lipinski definition) is 5. The van der Waals surface area contributed by atoms with Crippen molar-refractivity contribution in [2.24, 2.45) is 0 Å². The Balaban J connectivity index is 2.01. The van der Waals surface area contributed by atoms with Gasteiger partial charge in [0.25, 0.3) is 5.91 Å². The Kier molecular flexibility index (Phi) is 4.29. The fraction of sp³-hybridized carbons (Fsp3) is 0.167. The molecule has 0 atom stereocenters. The molecule has 122 valence electrons. The van der Waals surface area contributed by atoms with Crippen LogP contribution >= 0.6 is 0 Å². The Morgan fingerprint density at radius 1 is 1.25 bits per heavy atom. The quantitative estimate of drug-likeness (QED) is 0.746. The number of carbonyl (C=O) groups excluding carboxylic acids is 1. The molecule has 0 spiro atoms. The average molecular weight is 324 g/mol. The Hall–Kier alpha value is -3.15. The molecule has 0 saturated carbocycles. The highest BCUT2D eigenvalue weighted by Crippen LogP contribution is 2.23. The van der Waals surface area contributed by atoms with Crippen LogP contribution in [0.4, 0.5) is 5.82 Å². The Labute approximate surface area is 138 Å². The molecule has 0 bridgehead atoms. The van der Waals surface area contributed by atoms with Crippen LogP contribution in [0.5, 0.6) is 5.75 Å². The number of benzene rings is 1. The highest BCUT2D eigenvalue weighted by molar-refractivity contribution is 6.11. The van der Waals surface area contributed by atoms with E-state index in [4.69, 9.17) is 9.15 Å². The van der Waals surface area contributed by atoms with Crippen molar-refractivity contribution in [2.75, 3.05) is 11.9 Å². The predicted octanol–water partition coefficient (Wildman–Crippen LogP) is 3.15. The smallest absolute Gasteiger partial charge is 0.337 e. The number of anilines is 1. The number of amides is 1. The molecule has 1 aromatic carbocycles. The molecule has 0 unspecified atom stereocenters. The number of nitrogens with zero attached hydrogens (tertiary/aromatic N) is 1. The second-order valence-electron chi connectivity index (χ2n) is 5.24. The summed E-state index contributed by atoms with van der Waals surface area (Å²) in [5.74, 6) is 0.577. The second kappa shape index (κ2) is 6.54. The number of fused-ring (bicyclic) bond motifs is 1. The van der Waals surface area contributed by atoms with Crippen LogP contribution in [0.3, 0.4) is 0 Å². The van der Waals surface area contributed by atoms with Crippen molar-refractivity contribution in [3.8, 4) is 5.75 Å². The summed E-state index contributed by atoms with van der Waals surface area (Å²) in [7, 11) is 0. The van der Waals surface area contributed by atoms with Gasteiger partial charge in [0.15, 0.2) is 0 Å². The molecule has 3 aromatic rings. The lowest BCUT2D eigenvalue weighted by Gasteiger charge is -2.08. The maximum atomic E-state index is 12.5. The molecule has 0 radical (unpaired) electrons. The number of rotatable bonds is 4. The van der Waals surface area contributed by atoms with Gasteiger partial charge in [-0.1, -0.05) is 0 Å². The lowest BCUT2D eigenvalue weighted by Crippen LogP contribution is -2.16. The monoisotopic (exact) mass is 324 g/mol. The molecule has 0 saturated heterocycles. The van der Waals surface area contributed by atoms with Crippen LogP contribution in [0, 0.1) is 6.92 Å². The minimum absolute atomic E-state index is 0.229. The second-order valence-corrected chi connectivity index (χ2v) is 5.24. The molecule has 24 heavy (non-hydrogen) atoms. The Morgan fingerprint density at radius 2 is 2.08 bits per heavy atom. The third-order valence-corrected chi connectivity index (χ3v) is 3.43. The summed E-state index contributed by atoms with van der Waals surface area (Å²) in [5, 5.41) is 3.23. The van der Waals surface area contributed by atoms with E-state index in [0.717, 1.165) is 5.56 Å². The molecule has 0 aliphatic carbocycles. The largest absolute Gasteiger partial charge is 0.494 e. The summed E-state index contributed by atoms with van der Waals surface area (Å²) in [5.41, 5.74) is 0.904. The van der Waals surface area contributed by atoms with Crippen molar-refractivity contribution in [1.82, 2.24) is 4.98 Å². The molecular weight excluding hydrogens is 308 g/mol. The fourth-order valence-electron chi connectivity index (χ4n) is 2.38. The molecule has 2 heterocycles. The van der Waals surface area contributed by atoms with Crippen molar-refractivity contribution >= 4 is 22.7 Å². The van der Waals surface area contributed by atoms with E-state index in [-0.39, 0.29) is 5.56 Å². The van der Waals surface area contributed by atoms with Gasteiger partial charge in [0.2, 0.25) is 0 Å². The van der Waals surface area contributed by atoms with E-state index in [1.807, 2.05) is 19.9 Å². The summed E-state index contributed by atoms with van der Waals surface area (Å²) >= 11 is 0. The number of aromatic nitrogens is 1. The average Bonchev–Trinajstić information content (AvgIpc) is 2.54. The number of ether oxygens (including phenoxy) is 1. The molecule has 0 aliphatic rings. The first kappa shape index (κ1) is 15.7. The molecule has 3 rings (SSSR count). The number of aryl methyl sites for hydroxylation is 1. The summed E-state index contributed by atoms with van der Waals surface area (Å²) in [6.07, 6.45) is 1.61. The van der Waals surface area contributed by atoms with Gasteiger partial charge in [-0.2, -0.15) is 0 Å². The van der Waals surface area contributed by atoms with Crippen LogP contribution in [0.25, 0.3) is 11.0 Å². The lowest BCUT2D eigenvalue weighted by atomic mass is 10.1. The summed E-state index contributed by atoms with van der Waals surface area (Å²) in [4.78, 5) is 28.4.